The van der Waals surface area contributed by atoms with Gasteiger partial charge in [0, 0.05) is 11.4 Å². The van der Waals surface area contributed by atoms with Gasteiger partial charge in [0.15, 0.2) is 0 Å². The van der Waals surface area contributed by atoms with Crippen molar-refractivity contribution in [1.82, 2.24) is 0 Å². The molecule has 0 spiro atoms. The number of hydrogen-bond donors (Lipinski definition) is 2. The van der Waals surface area contributed by atoms with Gasteiger partial charge in [-0.2, -0.15) is 0 Å². The molecule has 0 bridgehead atoms. The van der Waals surface area contributed by atoms with Crippen LogP contribution in [0.3, 0.4) is 0 Å². The standard InChI is InChI=1S/C20H19NO/c1-3-17-9-7-8-12-20(17)21-19(13-14-22)15-16(2)18-10-5-4-6-11-18/h3-15,21-22H,1-2H2/b14-13-,19-15+. The molecule has 2 N–H and O–H groups in total. The van der Waals surface area contributed by atoms with E-state index >= 15 is 0 Å². The van der Waals surface area contributed by atoms with Crippen LogP contribution in [0.15, 0.2) is 91.9 Å². The van der Waals surface area contributed by atoms with E-state index in [0.717, 1.165) is 34.3 Å². The van der Waals surface area contributed by atoms with Crippen molar-refractivity contribution in [1.29, 1.82) is 0 Å². The van der Waals surface area contributed by atoms with Gasteiger partial charge in [0.2, 0.25) is 0 Å². The SMILES string of the molecule is C=Cc1ccccc1NC(/C=C\O)=C/C(=C)c1ccccc1. The summed E-state index contributed by atoms with van der Waals surface area (Å²) in [6.07, 6.45) is 6.28. The van der Waals surface area contributed by atoms with E-state index in [1.807, 2.05) is 60.7 Å². The van der Waals surface area contributed by atoms with Gasteiger partial charge >= 0.3 is 0 Å². The third kappa shape index (κ3) is 4.00. The molecule has 0 saturated heterocycles. The Morgan fingerprint density at radius 1 is 1.00 bits per heavy atom. The minimum atomic E-state index is 0.741. The Bertz CT molecular complexity index is 711. The Morgan fingerprint density at radius 2 is 1.68 bits per heavy atom. The van der Waals surface area contributed by atoms with E-state index in [2.05, 4.69) is 18.5 Å². The van der Waals surface area contributed by atoms with Crippen LogP contribution in [-0.2, 0) is 0 Å². The third-order valence-corrected chi connectivity index (χ3v) is 3.19. The molecular weight excluding hydrogens is 270 g/mol. The first-order valence-corrected chi connectivity index (χ1v) is 7.00. The highest BCUT2D eigenvalue weighted by Gasteiger charge is 2.01. The molecular formula is C20H19NO. The van der Waals surface area contributed by atoms with Gasteiger partial charge in [-0.25, -0.2) is 0 Å². The molecule has 0 aliphatic heterocycles. The summed E-state index contributed by atoms with van der Waals surface area (Å²) in [5.74, 6) is 0. The normalized spacial score (nSPS) is 11.4. The monoisotopic (exact) mass is 289 g/mol. The molecule has 2 aromatic rings. The summed E-state index contributed by atoms with van der Waals surface area (Å²) in [5, 5.41) is 12.4. The average molecular weight is 289 g/mol. The lowest BCUT2D eigenvalue weighted by Crippen LogP contribution is -1.99. The van der Waals surface area contributed by atoms with Gasteiger partial charge in [-0.15, -0.1) is 0 Å². The fourth-order valence-electron chi connectivity index (χ4n) is 2.07. The van der Waals surface area contributed by atoms with Crippen molar-refractivity contribution in [2.75, 3.05) is 5.32 Å². The molecule has 0 aromatic heterocycles. The van der Waals surface area contributed by atoms with Crippen LogP contribution < -0.4 is 5.32 Å². The number of benzene rings is 2. The predicted molar refractivity (Wildman–Crippen MR) is 95.5 cm³/mol. The van der Waals surface area contributed by atoms with Crippen molar-refractivity contribution in [3.8, 4) is 0 Å². The number of para-hydroxylation sites is 1. The van der Waals surface area contributed by atoms with Crippen molar-refractivity contribution >= 4 is 17.3 Å². The zero-order chi connectivity index (χ0) is 15.8. The number of aliphatic hydroxyl groups is 1. The summed E-state index contributed by atoms with van der Waals surface area (Å²) in [5.41, 5.74) is 4.54. The van der Waals surface area contributed by atoms with Crippen molar-refractivity contribution < 1.29 is 5.11 Å². The average Bonchev–Trinajstić information content (AvgIpc) is 2.56. The molecule has 22 heavy (non-hydrogen) atoms. The summed E-state index contributed by atoms with van der Waals surface area (Å²) in [6.45, 7) is 7.89. The molecule has 2 nitrogen and oxygen atoms in total. The second-order valence-corrected chi connectivity index (χ2v) is 4.72. The summed E-state index contributed by atoms with van der Waals surface area (Å²) in [6, 6.07) is 17.7. The van der Waals surface area contributed by atoms with Gasteiger partial charge in [0.25, 0.3) is 0 Å². The zero-order valence-corrected chi connectivity index (χ0v) is 12.4. The maximum Gasteiger partial charge on any atom is 0.0812 e. The van der Waals surface area contributed by atoms with Gasteiger partial charge in [-0.3, -0.25) is 0 Å². The van der Waals surface area contributed by atoms with Crippen LogP contribution in [0.1, 0.15) is 11.1 Å². The van der Waals surface area contributed by atoms with Crippen LogP contribution >= 0.6 is 0 Å². The minimum Gasteiger partial charge on any atom is -0.516 e. The summed E-state index contributed by atoms with van der Waals surface area (Å²) >= 11 is 0. The highest BCUT2D eigenvalue weighted by Crippen LogP contribution is 2.21. The lowest BCUT2D eigenvalue weighted by atomic mass is 10.1. The van der Waals surface area contributed by atoms with Crippen molar-refractivity contribution in [3.05, 3.63) is 103 Å². The van der Waals surface area contributed by atoms with E-state index in [0.29, 0.717) is 0 Å². The second-order valence-electron chi connectivity index (χ2n) is 4.72. The summed E-state index contributed by atoms with van der Waals surface area (Å²) in [7, 11) is 0. The van der Waals surface area contributed by atoms with E-state index < -0.39 is 0 Å². The van der Waals surface area contributed by atoms with Crippen LogP contribution in [0.25, 0.3) is 11.6 Å². The van der Waals surface area contributed by atoms with Crippen molar-refractivity contribution in [2.24, 2.45) is 0 Å². The van der Waals surface area contributed by atoms with E-state index in [9.17, 15) is 0 Å². The Hall–Kier alpha value is -3.00. The summed E-state index contributed by atoms with van der Waals surface area (Å²) in [4.78, 5) is 0. The molecule has 0 amide bonds. The second kappa shape index (κ2) is 7.70. The first-order chi connectivity index (χ1) is 10.7. The molecule has 0 heterocycles. The maximum absolute atomic E-state index is 9.11. The molecule has 2 rings (SSSR count). The van der Waals surface area contributed by atoms with Crippen LogP contribution in [0.2, 0.25) is 0 Å². The maximum atomic E-state index is 9.11. The lowest BCUT2D eigenvalue weighted by Gasteiger charge is -2.11. The van der Waals surface area contributed by atoms with Crippen LogP contribution in [0.5, 0.6) is 0 Å². The molecule has 0 radical (unpaired) electrons. The first kappa shape index (κ1) is 15.4. The van der Waals surface area contributed by atoms with Crippen molar-refractivity contribution in [2.45, 2.75) is 0 Å². The Kier molecular flexibility index (Phi) is 5.38. The van der Waals surface area contributed by atoms with Gasteiger partial charge in [0.05, 0.1) is 6.26 Å². The Morgan fingerprint density at radius 3 is 2.36 bits per heavy atom. The number of rotatable bonds is 6. The molecule has 2 heteroatoms. The topological polar surface area (TPSA) is 32.3 Å². The molecule has 0 saturated carbocycles. The Labute approximate surface area is 131 Å². The number of nitrogens with one attached hydrogen (secondary N) is 1. The zero-order valence-electron chi connectivity index (χ0n) is 12.4. The van der Waals surface area contributed by atoms with E-state index in [1.54, 1.807) is 12.2 Å². The van der Waals surface area contributed by atoms with Gasteiger partial charge in [-0.1, -0.05) is 67.8 Å². The van der Waals surface area contributed by atoms with E-state index in [-0.39, 0.29) is 0 Å². The quantitative estimate of drug-likeness (QED) is 0.550. The van der Waals surface area contributed by atoms with Gasteiger partial charge in [-0.05, 0) is 34.9 Å². The van der Waals surface area contributed by atoms with Crippen LogP contribution in [0, 0.1) is 0 Å². The molecule has 110 valence electrons. The third-order valence-electron chi connectivity index (χ3n) is 3.19. The first-order valence-electron chi connectivity index (χ1n) is 7.00. The van der Waals surface area contributed by atoms with Gasteiger partial charge < -0.3 is 10.4 Å². The van der Waals surface area contributed by atoms with E-state index in [4.69, 9.17) is 5.11 Å². The summed E-state index contributed by atoms with van der Waals surface area (Å²) < 4.78 is 0. The highest BCUT2D eigenvalue weighted by molar-refractivity contribution is 5.75. The number of aliphatic hydroxyl groups excluding tert-OH is 1. The van der Waals surface area contributed by atoms with E-state index in [1.165, 1.54) is 0 Å². The Balaban J connectivity index is 2.28. The molecule has 0 atom stereocenters. The van der Waals surface area contributed by atoms with Crippen LogP contribution in [-0.4, -0.2) is 5.11 Å². The molecule has 0 aliphatic rings. The predicted octanol–water partition coefficient (Wildman–Crippen LogP) is 5.41. The molecule has 0 unspecified atom stereocenters. The minimum absolute atomic E-state index is 0.741. The number of anilines is 1. The van der Waals surface area contributed by atoms with Gasteiger partial charge in [0.1, 0.15) is 0 Å². The number of allylic oxidation sites excluding steroid dienone is 3. The van der Waals surface area contributed by atoms with Crippen LogP contribution in [0.4, 0.5) is 5.69 Å². The number of hydrogen-bond acceptors (Lipinski definition) is 2. The fraction of sp³-hybridized carbons (Fsp3) is 0. The molecule has 0 fully saturated rings. The highest BCUT2D eigenvalue weighted by atomic mass is 16.2. The van der Waals surface area contributed by atoms with Crippen molar-refractivity contribution in [3.63, 3.8) is 0 Å². The smallest absolute Gasteiger partial charge is 0.0812 e. The fourth-order valence-corrected chi connectivity index (χ4v) is 2.07. The largest absolute Gasteiger partial charge is 0.516 e. The molecule has 0 aliphatic carbocycles. The molecule has 2 aromatic carbocycles. The lowest BCUT2D eigenvalue weighted by molar-refractivity contribution is 0.473.